The van der Waals surface area contributed by atoms with Crippen molar-refractivity contribution in [2.24, 2.45) is 11.7 Å². The van der Waals surface area contributed by atoms with Crippen LogP contribution in [0.1, 0.15) is 32.6 Å². The van der Waals surface area contributed by atoms with E-state index in [1.165, 1.54) is 19.3 Å². The fourth-order valence-corrected chi connectivity index (χ4v) is 3.43. The van der Waals surface area contributed by atoms with Crippen molar-refractivity contribution in [2.75, 3.05) is 11.9 Å². The third-order valence-corrected chi connectivity index (χ3v) is 4.80. The van der Waals surface area contributed by atoms with Gasteiger partial charge in [-0.25, -0.2) is 4.98 Å². The van der Waals surface area contributed by atoms with E-state index in [2.05, 4.69) is 33.2 Å². The predicted molar refractivity (Wildman–Crippen MR) is 80.0 cm³/mol. The normalized spacial score (nSPS) is 28.1. The molecule has 0 saturated heterocycles. The highest BCUT2D eigenvalue weighted by molar-refractivity contribution is 9.10. The minimum Gasteiger partial charge on any atom is -0.362 e. The lowest BCUT2D eigenvalue weighted by Gasteiger charge is -2.43. The van der Waals surface area contributed by atoms with Crippen LogP contribution >= 0.6 is 27.5 Å². The van der Waals surface area contributed by atoms with Crippen molar-refractivity contribution in [3.63, 3.8) is 0 Å². The second-order valence-corrected chi connectivity index (χ2v) is 6.41. The summed E-state index contributed by atoms with van der Waals surface area (Å²) < 4.78 is 0.889. The lowest BCUT2D eigenvalue weighted by molar-refractivity contribution is 0.235. The van der Waals surface area contributed by atoms with Gasteiger partial charge in [-0.3, -0.25) is 0 Å². The molecule has 2 rings (SSSR count). The Balaban J connectivity index is 2.24. The van der Waals surface area contributed by atoms with Crippen LogP contribution in [0.15, 0.2) is 16.7 Å². The maximum atomic E-state index is 6.02. The van der Waals surface area contributed by atoms with E-state index in [1.807, 2.05) is 6.07 Å². The van der Waals surface area contributed by atoms with Gasteiger partial charge in [0.2, 0.25) is 0 Å². The molecule has 0 aliphatic heterocycles. The number of rotatable bonds is 3. The number of aromatic nitrogens is 1. The van der Waals surface area contributed by atoms with Crippen molar-refractivity contribution in [3.05, 3.63) is 21.8 Å². The maximum Gasteiger partial charge on any atom is 0.140 e. The summed E-state index contributed by atoms with van der Waals surface area (Å²) in [5.41, 5.74) is 5.98. The Morgan fingerprint density at radius 2 is 2.39 bits per heavy atom. The van der Waals surface area contributed by atoms with Gasteiger partial charge in [0, 0.05) is 12.7 Å². The van der Waals surface area contributed by atoms with Crippen LogP contribution in [-0.4, -0.2) is 17.1 Å². The van der Waals surface area contributed by atoms with E-state index in [4.69, 9.17) is 17.3 Å². The highest BCUT2D eigenvalue weighted by atomic mass is 79.9. The zero-order chi connectivity index (χ0) is 13.2. The molecule has 1 aliphatic carbocycles. The summed E-state index contributed by atoms with van der Waals surface area (Å²) in [6.45, 7) is 2.90. The molecule has 3 nitrogen and oxygen atoms in total. The van der Waals surface area contributed by atoms with Crippen LogP contribution < -0.4 is 11.1 Å². The number of hydrogen-bond donors (Lipinski definition) is 2. The Kier molecular flexibility index (Phi) is 4.51. The van der Waals surface area contributed by atoms with E-state index in [-0.39, 0.29) is 5.54 Å². The molecule has 1 saturated carbocycles. The minimum absolute atomic E-state index is 0.0401. The molecular formula is C13H19BrClN3. The molecule has 100 valence electrons. The zero-order valence-corrected chi connectivity index (χ0v) is 12.9. The molecule has 1 aliphatic rings. The summed E-state index contributed by atoms with van der Waals surface area (Å²) >= 11 is 9.41. The summed E-state index contributed by atoms with van der Waals surface area (Å²) in [6, 6.07) is 1.86. The fraction of sp³-hybridized carbons (Fsp3) is 0.615. The summed E-state index contributed by atoms with van der Waals surface area (Å²) in [5, 5.41) is 4.18. The number of anilines is 1. The van der Waals surface area contributed by atoms with E-state index >= 15 is 0 Å². The first-order valence-electron chi connectivity index (χ1n) is 6.37. The highest BCUT2D eigenvalue weighted by Crippen LogP contribution is 2.37. The van der Waals surface area contributed by atoms with Crippen LogP contribution in [0, 0.1) is 5.92 Å². The molecule has 0 bridgehead atoms. The number of nitrogens with one attached hydrogen (secondary N) is 1. The van der Waals surface area contributed by atoms with Crippen molar-refractivity contribution in [2.45, 2.75) is 38.1 Å². The van der Waals surface area contributed by atoms with Crippen LogP contribution in [0.4, 0.5) is 5.82 Å². The van der Waals surface area contributed by atoms with Crippen molar-refractivity contribution in [1.82, 2.24) is 4.98 Å². The Morgan fingerprint density at radius 3 is 3.00 bits per heavy atom. The largest absolute Gasteiger partial charge is 0.362 e. The fourth-order valence-electron chi connectivity index (χ4n) is 2.70. The molecule has 1 fully saturated rings. The summed E-state index contributed by atoms with van der Waals surface area (Å²) in [5.74, 6) is 1.39. The van der Waals surface area contributed by atoms with Crippen LogP contribution in [-0.2, 0) is 0 Å². The van der Waals surface area contributed by atoms with E-state index in [0.29, 0.717) is 17.5 Å². The summed E-state index contributed by atoms with van der Waals surface area (Å²) in [4.78, 5) is 4.35. The number of pyridine rings is 1. The topological polar surface area (TPSA) is 50.9 Å². The number of nitrogens with zero attached hydrogens (tertiary/aromatic N) is 1. The van der Waals surface area contributed by atoms with Gasteiger partial charge in [0.1, 0.15) is 5.82 Å². The third-order valence-electron chi connectivity index (χ3n) is 3.99. The number of hydrogen-bond acceptors (Lipinski definition) is 3. The van der Waals surface area contributed by atoms with Gasteiger partial charge < -0.3 is 11.1 Å². The molecule has 1 aromatic rings. The van der Waals surface area contributed by atoms with Crippen LogP contribution in [0.3, 0.4) is 0 Å². The van der Waals surface area contributed by atoms with Gasteiger partial charge in [0.05, 0.1) is 15.0 Å². The average Bonchev–Trinajstić information content (AvgIpc) is 2.35. The SMILES string of the molecule is CC1CCCCC1(CN)Nc1ncc(Cl)cc1Br. The van der Waals surface area contributed by atoms with E-state index in [1.54, 1.807) is 6.20 Å². The lowest BCUT2D eigenvalue weighted by atomic mass is 9.73. The smallest absolute Gasteiger partial charge is 0.140 e. The second-order valence-electron chi connectivity index (χ2n) is 5.12. The zero-order valence-electron chi connectivity index (χ0n) is 10.5. The molecular weight excluding hydrogens is 314 g/mol. The van der Waals surface area contributed by atoms with Crippen LogP contribution in [0.5, 0.6) is 0 Å². The second kappa shape index (κ2) is 5.76. The molecule has 0 amide bonds. The van der Waals surface area contributed by atoms with Crippen molar-refractivity contribution in [3.8, 4) is 0 Å². The van der Waals surface area contributed by atoms with Gasteiger partial charge in [-0.2, -0.15) is 0 Å². The molecule has 0 radical (unpaired) electrons. The van der Waals surface area contributed by atoms with E-state index < -0.39 is 0 Å². The van der Waals surface area contributed by atoms with Gasteiger partial charge in [-0.15, -0.1) is 0 Å². The Labute approximate surface area is 122 Å². The standard InChI is InChI=1S/C13H19BrClN3/c1-9-4-2-3-5-13(9,8-16)18-12-11(14)6-10(15)7-17-12/h6-7,9H,2-5,8,16H2,1H3,(H,17,18). The highest BCUT2D eigenvalue weighted by Gasteiger charge is 2.37. The Morgan fingerprint density at radius 1 is 1.61 bits per heavy atom. The van der Waals surface area contributed by atoms with Crippen LogP contribution in [0.2, 0.25) is 5.02 Å². The molecule has 2 unspecified atom stereocenters. The van der Waals surface area contributed by atoms with Gasteiger partial charge in [0.25, 0.3) is 0 Å². The molecule has 3 N–H and O–H groups in total. The molecule has 1 heterocycles. The first kappa shape index (κ1) is 14.1. The maximum absolute atomic E-state index is 6.02. The van der Waals surface area contributed by atoms with Crippen molar-refractivity contribution < 1.29 is 0 Å². The van der Waals surface area contributed by atoms with Crippen molar-refractivity contribution >= 4 is 33.3 Å². The summed E-state index contributed by atoms with van der Waals surface area (Å²) in [7, 11) is 0. The van der Waals surface area contributed by atoms with Crippen LogP contribution in [0.25, 0.3) is 0 Å². The Bertz CT molecular complexity index is 427. The molecule has 2 atom stereocenters. The Hall–Kier alpha value is -0.320. The van der Waals surface area contributed by atoms with Gasteiger partial charge in [-0.05, 0) is 40.8 Å². The van der Waals surface area contributed by atoms with E-state index in [0.717, 1.165) is 16.7 Å². The monoisotopic (exact) mass is 331 g/mol. The number of nitrogens with two attached hydrogens (primary N) is 1. The molecule has 5 heteroatoms. The first-order valence-corrected chi connectivity index (χ1v) is 7.54. The lowest BCUT2D eigenvalue weighted by Crippen LogP contribution is -2.52. The number of halogens is 2. The van der Waals surface area contributed by atoms with Gasteiger partial charge in [0.15, 0.2) is 0 Å². The minimum atomic E-state index is -0.0401. The quantitative estimate of drug-likeness (QED) is 0.884. The molecule has 18 heavy (non-hydrogen) atoms. The first-order chi connectivity index (χ1) is 8.57. The van der Waals surface area contributed by atoms with Gasteiger partial charge >= 0.3 is 0 Å². The molecule has 0 aromatic carbocycles. The third kappa shape index (κ3) is 2.81. The van der Waals surface area contributed by atoms with Crippen molar-refractivity contribution in [1.29, 1.82) is 0 Å². The summed E-state index contributed by atoms with van der Waals surface area (Å²) in [6.07, 6.45) is 6.49. The van der Waals surface area contributed by atoms with E-state index in [9.17, 15) is 0 Å². The van der Waals surface area contributed by atoms with Gasteiger partial charge in [-0.1, -0.05) is 31.4 Å². The predicted octanol–water partition coefficient (Wildman–Crippen LogP) is 3.82. The molecule has 0 spiro atoms. The molecule has 1 aromatic heterocycles. The average molecular weight is 333 g/mol.